The van der Waals surface area contributed by atoms with Crippen molar-refractivity contribution in [1.29, 1.82) is 0 Å². The molecule has 0 saturated heterocycles. The van der Waals surface area contributed by atoms with Gasteiger partial charge in [-0.25, -0.2) is 9.07 Å². The lowest BCUT2D eigenvalue weighted by molar-refractivity contribution is 0.619. The monoisotopic (exact) mass is 414 g/mol. The largest absolute Gasteiger partial charge is 0.339 e. The molecule has 0 radical (unpaired) electrons. The normalized spacial score (nSPS) is 11.5. The first-order valence-electron chi connectivity index (χ1n) is 8.14. The molecule has 7 heteroatoms. The minimum Gasteiger partial charge on any atom is -0.339 e. The SMILES string of the molecule is Cc1cccc(Cn2ncc3c4cc(F)c(CBr)cc4n(C)c3c2=O)n1. The topological polar surface area (TPSA) is 52.7 Å². The second-order valence-corrected chi connectivity index (χ2v) is 6.85. The van der Waals surface area contributed by atoms with Gasteiger partial charge < -0.3 is 4.57 Å². The second-order valence-electron chi connectivity index (χ2n) is 6.29. The Balaban J connectivity index is 1.94. The lowest BCUT2D eigenvalue weighted by atomic mass is 10.1. The lowest BCUT2D eigenvalue weighted by Crippen LogP contribution is -2.24. The summed E-state index contributed by atoms with van der Waals surface area (Å²) >= 11 is 3.30. The molecule has 0 unspecified atom stereocenters. The van der Waals surface area contributed by atoms with Crippen LogP contribution in [-0.2, 0) is 18.9 Å². The molecule has 0 atom stereocenters. The molecule has 0 bridgehead atoms. The van der Waals surface area contributed by atoms with Crippen LogP contribution in [0.15, 0.2) is 41.3 Å². The number of hydrogen-bond donors (Lipinski definition) is 0. The zero-order valence-electron chi connectivity index (χ0n) is 14.3. The van der Waals surface area contributed by atoms with E-state index in [9.17, 15) is 9.18 Å². The summed E-state index contributed by atoms with van der Waals surface area (Å²) in [6.07, 6.45) is 1.63. The zero-order chi connectivity index (χ0) is 18.4. The maximum Gasteiger partial charge on any atom is 0.291 e. The molecule has 0 fully saturated rings. The smallest absolute Gasteiger partial charge is 0.291 e. The van der Waals surface area contributed by atoms with E-state index in [0.717, 1.165) is 16.9 Å². The molecule has 0 saturated carbocycles. The van der Waals surface area contributed by atoms with Crippen LogP contribution in [-0.4, -0.2) is 19.3 Å². The minimum atomic E-state index is -0.296. The van der Waals surface area contributed by atoms with Crippen LogP contribution < -0.4 is 5.56 Å². The van der Waals surface area contributed by atoms with Crippen molar-refractivity contribution in [2.45, 2.75) is 18.8 Å². The molecule has 0 aliphatic rings. The minimum absolute atomic E-state index is 0.217. The molecule has 0 N–H and O–H groups in total. The number of benzene rings is 1. The highest BCUT2D eigenvalue weighted by atomic mass is 79.9. The van der Waals surface area contributed by atoms with Gasteiger partial charge in [0.1, 0.15) is 11.3 Å². The molecule has 0 aliphatic heterocycles. The number of aryl methyl sites for hydroxylation is 2. The molecule has 5 nitrogen and oxygen atoms in total. The van der Waals surface area contributed by atoms with Gasteiger partial charge in [-0.3, -0.25) is 9.78 Å². The Morgan fingerprint density at radius 3 is 2.77 bits per heavy atom. The van der Waals surface area contributed by atoms with Crippen molar-refractivity contribution in [3.63, 3.8) is 0 Å². The summed E-state index contributed by atoms with van der Waals surface area (Å²) < 4.78 is 17.4. The number of aromatic nitrogens is 4. The molecule has 132 valence electrons. The number of hydrogen-bond acceptors (Lipinski definition) is 3. The average molecular weight is 415 g/mol. The Kier molecular flexibility index (Phi) is 4.11. The summed E-state index contributed by atoms with van der Waals surface area (Å²) in [7, 11) is 1.82. The summed E-state index contributed by atoms with van der Waals surface area (Å²) in [5.74, 6) is -0.296. The van der Waals surface area contributed by atoms with Gasteiger partial charge in [-0.2, -0.15) is 5.10 Å². The van der Waals surface area contributed by atoms with Crippen LogP contribution in [0.4, 0.5) is 4.39 Å². The summed E-state index contributed by atoms with van der Waals surface area (Å²) in [6.45, 7) is 2.20. The van der Waals surface area contributed by atoms with E-state index < -0.39 is 0 Å². The fourth-order valence-electron chi connectivity index (χ4n) is 3.27. The Morgan fingerprint density at radius 2 is 2.04 bits per heavy atom. The Labute approximate surface area is 157 Å². The van der Waals surface area contributed by atoms with E-state index in [1.165, 1.54) is 10.7 Å². The predicted octanol–water partition coefficient (Wildman–Crippen LogP) is 3.67. The number of fused-ring (bicyclic) bond motifs is 3. The highest BCUT2D eigenvalue weighted by Crippen LogP contribution is 2.28. The van der Waals surface area contributed by atoms with Gasteiger partial charge in [0.25, 0.3) is 5.56 Å². The third-order valence-corrected chi connectivity index (χ3v) is 5.18. The summed E-state index contributed by atoms with van der Waals surface area (Å²) in [5, 5.41) is 6.04. The maximum atomic E-state index is 14.2. The summed E-state index contributed by atoms with van der Waals surface area (Å²) in [5.41, 5.74) is 3.31. The molecule has 0 amide bonds. The molecule has 4 rings (SSSR count). The third-order valence-electron chi connectivity index (χ3n) is 4.57. The molecule has 0 spiro atoms. The Morgan fingerprint density at radius 1 is 1.23 bits per heavy atom. The molecule has 3 heterocycles. The van der Waals surface area contributed by atoms with E-state index in [2.05, 4.69) is 26.0 Å². The molecule has 1 aromatic carbocycles. The fourth-order valence-corrected chi connectivity index (χ4v) is 3.70. The molecular formula is C19H16BrFN4O. The number of halogens is 2. The first-order chi connectivity index (χ1) is 12.5. The van der Waals surface area contributed by atoms with E-state index in [1.54, 1.807) is 16.8 Å². The van der Waals surface area contributed by atoms with E-state index in [1.807, 2.05) is 32.2 Å². The highest BCUT2D eigenvalue weighted by Gasteiger charge is 2.16. The van der Waals surface area contributed by atoms with Gasteiger partial charge in [-0.15, -0.1) is 0 Å². The first kappa shape index (κ1) is 16.9. The Bertz CT molecular complexity index is 1210. The van der Waals surface area contributed by atoms with Gasteiger partial charge in [0.2, 0.25) is 0 Å². The maximum absolute atomic E-state index is 14.2. The second kappa shape index (κ2) is 6.32. The van der Waals surface area contributed by atoms with E-state index in [0.29, 0.717) is 33.7 Å². The zero-order valence-corrected chi connectivity index (χ0v) is 15.9. The number of rotatable bonds is 3. The van der Waals surface area contributed by atoms with Crippen LogP contribution in [0.25, 0.3) is 21.8 Å². The van der Waals surface area contributed by atoms with Crippen LogP contribution in [0, 0.1) is 12.7 Å². The Hall–Kier alpha value is -2.54. The fraction of sp³-hybridized carbons (Fsp3) is 0.211. The number of pyridine rings is 1. The van der Waals surface area contributed by atoms with E-state index in [4.69, 9.17) is 0 Å². The molecule has 0 aliphatic carbocycles. The predicted molar refractivity (Wildman–Crippen MR) is 103 cm³/mol. The van der Waals surface area contributed by atoms with Gasteiger partial charge in [0.05, 0.1) is 18.4 Å². The summed E-state index contributed by atoms with van der Waals surface area (Å²) in [4.78, 5) is 17.4. The van der Waals surface area contributed by atoms with Crippen molar-refractivity contribution < 1.29 is 4.39 Å². The highest BCUT2D eigenvalue weighted by molar-refractivity contribution is 9.08. The lowest BCUT2D eigenvalue weighted by Gasteiger charge is -2.05. The van der Waals surface area contributed by atoms with Gasteiger partial charge in [0.15, 0.2) is 0 Å². The number of alkyl halides is 1. The van der Waals surface area contributed by atoms with Crippen molar-refractivity contribution >= 4 is 37.7 Å². The van der Waals surface area contributed by atoms with Crippen LogP contribution >= 0.6 is 15.9 Å². The number of nitrogens with zero attached hydrogens (tertiary/aromatic N) is 4. The van der Waals surface area contributed by atoms with Crippen molar-refractivity contribution in [3.8, 4) is 0 Å². The van der Waals surface area contributed by atoms with E-state index in [-0.39, 0.29) is 11.4 Å². The van der Waals surface area contributed by atoms with Gasteiger partial charge in [-0.05, 0) is 31.2 Å². The van der Waals surface area contributed by atoms with Gasteiger partial charge in [0, 0.05) is 39.9 Å². The molecule has 4 aromatic rings. The van der Waals surface area contributed by atoms with Gasteiger partial charge in [-0.1, -0.05) is 22.0 Å². The molecule has 26 heavy (non-hydrogen) atoms. The average Bonchev–Trinajstić information content (AvgIpc) is 2.89. The summed E-state index contributed by atoms with van der Waals surface area (Å²) in [6, 6.07) is 8.92. The van der Waals surface area contributed by atoms with Crippen molar-refractivity contribution in [2.75, 3.05) is 0 Å². The van der Waals surface area contributed by atoms with Crippen molar-refractivity contribution in [3.05, 3.63) is 69.7 Å². The van der Waals surface area contributed by atoms with Crippen LogP contribution in [0.2, 0.25) is 0 Å². The van der Waals surface area contributed by atoms with E-state index >= 15 is 0 Å². The quantitative estimate of drug-likeness (QED) is 0.480. The third kappa shape index (κ3) is 2.63. The van der Waals surface area contributed by atoms with Crippen molar-refractivity contribution in [1.82, 2.24) is 19.3 Å². The van der Waals surface area contributed by atoms with Crippen molar-refractivity contribution in [2.24, 2.45) is 7.05 Å². The van der Waals surface area contributed by atoms with Crippen LogP contribution in [0.5, 0.6) is 0 Å². The standard InChI is InChI=1S/C19H16BrFN4O/c1-11-4-3-5-13(23-11)10-25-19(26)18-15(9-22-25)14-7-16(21)12(8-20)6-17(14)24(18)2/h3-7,9H,8,10H2,1-2H3. The van der Waals surface area contributed by atoms with Crippen LogP contribution in [0.1, 0.15) is 17.0 Å². The molecule has 3 aromatic heterocycles. The molecular weight excluding hydrogens is 399 g/mol. The van der Waals surface area contributed by atoms with Gasteiger partial charge >= 0.3 is 0 Å². The first-order valence-corrected chi connectivity index (χ1v) is 9.27. The van der Waals surface area contributed by atoms with Crippen LogP contribution in [0.3, 0.4) is 0 Å².